The molecule has 0 aliphatic heterocycles. The molecule has 3 unspecified atom stereocenters. The van der Waals surface area contributed by atoms with Crippen molar-refractivity contribution >= 4 is 5.91 Å². The topological polar surface area (TPSA) is 75.3 Å². The molecule has 1 amide bonds. The molecule has 1 rings (SSSR count). The van der Waals surface area contributed by atoms with Crippen molar-refractivity contribution in [3.05, 3.63) is 35.6 Å². The molecule has 0 saturated carbocycles. The van der Waals surface area contributed by atoms with Gasteiger partial charge in [-0.05, 0) is 12.0 Å². The van der Waals surface area contributed by atoms with E-state index >= 15 is 0 Å². The Hall–Kier alpha value is -1.46. The summed E-state index contributed by atoms with van der Waals surface area (Å²) in [6.07, 6.45) is -0.219. The first-order valence-electron chi connectivity index (χ1n) is 6.42. The van der Waals surface area contributed by atoms with E-state index in [1.54, 1.807) is 12.1 Å². The molecule has 0 radical (unpaired) electrons. The molecular weight excluding hydrogens is 247 g/mol. The van der Waals surface area contributed by atoms with Gasteiger partial charge in [0, 0.05) is 12.1 Å². The first-order chi connectivity index (χ1) is 8.97. The average molecular weight is 268 g/mol. The van der Waals surface area contributed by atoms with Crippen molar-refractivity contribution in [2.75, 3.05) is 6.54 Å². The smallest absolute Gasteiger partial charge is 0.234 e. The second kappa shape index (κ2) is 7.21. The predicted molar refractivity (Wildman–Crippen MR) is 71.8 cm³/mol. The van der Waals surface area contributed by atoms with Gasteiger partial charge >= 0.3 is 0 Å². The molecule has 1 aromatic rings. The van der Waals surface area contributed by atoms with E-state index in [1.807, 2.05) is 13.8 Å². The molecule has 1 aromatic carbocycles. The van der Waals surface area contributed by atoms with Crippen LogP contribution < -0.4 is 11.1 Å². The molecule has 0 aromatic heterocycles. The maximum Gasteiger partial charge on any atom is 0.234 e. The van der Waals surface area contributed by atoms with Crippen molar-refractivity contribution in [1.29, 1.82) is 0 Å². The molecule has 0 saturated heterocycles. The van der Waals surface area contributed by atoms with Crippen LogP contribution in [0.3, 0.4) is 0 Å². The molecule has 4 N–H and O–H groups in total. The fraction of sp³-hybridized carbons (Fsp3) is 0.500. The standard InChI is InChI=1S/C14H21FN2O2/c1-3-9(2)13(14(16)19)17-8-12(18)10-6-4-5-7-11(10)15/h4-7,9,12-13,17-18H,3,8H2,1-2H3,(H2,16,19). The molecule has 106 valence electrons. The lowest BCUT2D eigenvalue weighted by molar-refractivity contribution is -0.121. The summed E-state index contributed by atoms with van der Waals surface area (Å²) in [5.41, 5.74) is 5.52. The van der Waals surface area contributed by atoms with Crippen LogP contribution in [0.15, 0.2) is 24.3 Å². The first kappa shape index (κ1) is 15.6. The van der Waals surface area contributed by atoms with Crippen LogP contribution in [-0.2, 0) is 4.79 Å². The number of primary amides is 1. The van der Waals surface area contributed by atoms with E-state index in [4.69, 9.17) is 5.73 Å². The predicted octanol–water partition coefficient (Wildman–Crippen LogP) is 1.35. The summed E-state index contributed by atoms with van der Waals surface area (Å²) in [6, 6.07) is 5.50. The van der Waals surface area contributed by atoms with Gasteiger partial charge < -0.3 is 16.2 Å². The number of amides is 1. The molecule has 4 nitrogen and oxygen atoms in total. The number of hydrogen-bond acceptors (Lipinski definition) is 3. The summed E-state index contributed by atoms with van der Waals surface area (Å²) >= 11 is 0. The van der Waals surface area contributed by atoms with Gasteiger partial charge in [-0.15, -0.1) is 0 Å². The zero-order chi connectivity index (χ0) is 14.4. The van der Waals surface area contributed by atoms with E-state index in [2.05, 4.69) is 5.32 Å². The zero-order valence-electron chi connectivity index (χ0n) is 11.3. The van der Waals surface area contributed by atoms with Gasteiger partial charge in [0.1, 0.15) is 5.82 Å². The molecule has 0 spiro atoms. The third kappa shape index (κ3) is 4.29. The molecule has 3 atom stereocenters. The number of carbonyl (C=O) groups is 1. The van der Waals surface area contributed by atoms with E-state index in [0.29, 0.717) is 0 Å². The summed E-state index contributed by atoms with van der Waals surface area (Å²) in [5.74, 6) is -0.864. The first-order valence-corrected chi connectivity index (χ1v) is 6.42. The van der Waals surface area contributed by atoms with Crippen LogP contribution in [0.25, 0.3) is 0 Å². The maximum absolute atomic E-state index is 13.5. The number of nitrogens with one attached hydrogen (secondary N) is 1. The number of aliphatic hydroxyl groups excluding tert-OH is 1. The third-order valence-electron chi connectivity index (χ3n) is 3.31. The molecule has 0 bridgehead atoms. The molecule has 19 heavy (non-hydrogen) atoms. The Morgan fingerprint density at radius 2 is 2.11 bits per heavy atom. The van der Waals surface area contributed by atoms with Crippen molar-refractivity contribution in [1.82, 2.24) is 5.32 Å². The summed E-state index contributed by atoms with van der Waals surface area (Å²) in [7, 11) is 0. The highest BCUT2D eigenvalue weighted by molar-refractivity contribution is 5.80. The number of carbonyl (C=O) groups excluding carboxylic acids is 1. The van der Waals surface area contributed by atoms with Crippen molar-refractivity contribution in [2.45, 2.75) is 32.4 Å². The highest BCUT2D eigenvalue weighted by Crippen LogP contribution is 2.16. The fourth-order valence-electron chi connectivity index (χ4n) is 1.91. The van der Waals surface area contributed by atoms with Crippen molar-refractivity contribution in [3.8, 4) is 0 Å². The van der Waals surface area contributed by atoms with Gasteiger partial charge in [-0.2, -0.15) is 0 Å². The summed E-state index contributed by atoms with van der Waals surface area (Å²) in [4.78, 5) is 11.3. The largest absolute Gasteiger partial charge is 0.387 e. The number of halogens is 1. The van der Waals surface area contributed by atoms with E-state index in [-0.39, 0.29) is 18.0 Å². The lowest BCUT2D eigenvalue weighted by Crippen LogP contribution is -2.47. The van der Waals surface area contributed by atoms with Crippen molar-refractivity contribution in [2.24, 2.45) is 11.7 Å². The van der Waals surface area contributed by atoms with Gasteiger partial charge in [-0.3, -0.25) is 4.79 Å². The van der Waals surface area contributed by atoms with Crippen molar-refractivity contribution < 1.29 is 14.3 Å². The minimum absolute atomic E-state index is 0.0605. The normalized spacial score (nSPS) is 15.8. The second-order valence-corrected chi connectivity index (χ2v) is 4.71. The molecule has 0 aliphatic rings. The number of rotatable bonds is 7. The van der Waals surface area contributed by atoms with E-state index in [9.17, 15) is 14.3 Å². The minimum Gasteiger partial charge on any atom is -0.387 e. The SMILES string of the molecule is CCC(C)C(NCC(O)c1ccccc1F)C(N)=O. The Morgan fingerprint density at radius 1 is 1.47 bits per heavy atom. The Kier molecular flexibility index (Phi) is 5.92. The van der Waals surface area contributed by atoms with E-state index < -0.39 is 23.9 Å². The number of benzene rings is 1. The Labute approximate surface area is 112 Å². The van der Waals surface area contributed by atoms with Crippen LogP contribution in [0.1, 0.15) is 31.9 Å². The van der Waals surface area contributed by atoms with Gasteiger partial charge in [0.05, 0.1) is 12.1 Å². The lowest BCUT2D eigenvalue weighted by atomic mass is 9.98. The average Bonchev–Trinajstić information content (AvgIpc) is 2.38. The van der Waals surface area contributed by atoms with Gasteiger partial charge in [0.15, 0.2) is 0 Å². The maximum atomic E-state index is 13.5. The van der Waals surface area contributed by atoms with Crippen LogP contribution in [0.4, 0.5) is 4.39 Å². The van der Waals surface area contributed by atoms with Crippen LogP contribution in [0.2, 0.25) is 0 Å². The van der Waals surface area contributed by atoms with Crippen molar-refractivity contribution in [3.63, 3.8) is 0 Å². The van der Waals surface area contributed by atoms with Gasteiger partial charge in [-0.1, -0.05) is 38.5 Å². The summed E-state index contributed by atoms with van der Waals surface area (Å²) in [6.45, 7) is 3.94. The fourth-order valence-corrected chi connectivity index (χ4v) is 1.91. The number of hydrogen-bond donors (Lipinski definition) is 3. The molecule has 0 aliphatic carbocycles. The van der Waals surface area contributed by atoms with Gasteiger partial charge in [-0.25, -0.2) is 4.39 Å². The van der Waals surface area contributed by atoms with E-state index in [1.165, 1.54) is 12.1 Å². The highest BCUT2D eigenvalue weighted by Gasteiger charge is 2.22. The molecule has 5 heteroatoms. The molecular formula is C14H21FN2O2. The summed E-state index contributed by atoms with van der Waals surface area (Å²) < 4.78 is 13.5. The van der Waals surface area contributed by atoms with Crippen LogP contribution in [-0.4, -0.2) is 23.6 Å². The Bertz CT molecular complexity index is 426. The second-order valence-electron chi connectivity index (χ2n) is 4.71. The van der Waals surface area contributed by atoms with Gasteiger partial charge in [0.25, 0.3) is 0 Å². The number of nitrogens with two attached hydrogens (primary N) is 1. The molecule has 0 fully saturated rings. The zero-order valence-corrected chi connectivity index (χ0v) is 11.3. The third-order valence-corrected chi connectivity index (χ3v) is 3.31. The van der Waals surface area contributed by atoms with Crippen LogP contribution >= 0.6 is 0 Å². The quantitative estimate of drug-likeness (QED) is 0.698. The van der Waals surface area contributed by atoms with Crippen LogP contribution in [0.5, 0.6) is 0 Å². The highest BCUT2D eigenvalue weighted by atomic mass is 19.1. The van der Waals surface area contributed by atoms with Crippen LogP contribution in [0, 0.1) is 11.7 Å². The lowest BCUT2D eigenvalue weighted by Gasteiger charge is -2.23. The van der Waals surface area contributed by atoms with Gasteiger partial charge in [0.2, 0.25) is 5.91 Å². The van der Waals surface area contributed by atoms with E-state index in [0.717, 1.165) is 6.42 Å². The summed E-state index contributed by atoms with van der Waals surface area (Å²) in [5, 5.41) is 12.8. The molecule has 0 heterocycles. The minimum atomic E-state index is -1.01. The Balaban J connectivity index is 2.65. The Morgan fingerprint density at radius 3 is 2.63 bits per heavy atom. The monoisotopic (exact) mass is 268 g/mol. The number of aliphatic hydroxyl groups is 1.